The molecule has 0 aliphatic carbocycles. The van der Waals surface area contributed by atoms with Crippen LogP contribution in [0.25, 0.3) is 0 Å². The van der Waals surface area contributed by atoms with E-state index in [0.717, 1.165) is 0 Å². The first-order chi connectivity index (χ1) is 8.08. The van der Waals surface area contributed by atoms with E-state index in [-0.39, 0.29) is 11.3 Å². The van der Waals surface area contributed by atoms with Gasteiger partial charge in [0.05, 0.1) is 11.3 Å². The van der Waals surface area contributed by atoms with Gasteiger partial charge in [0.15, 0.2) is 11.6 Å². The molecule has 0 aliphatic rings. The van der Waals surface area contributed by atoms with Crippen molar-refractivity contribution in [3.8, 4) is 0 Å². The summed E-state index contributed by atoms with van der Waals surface area (Å²) in [4.78, 5) is 11.7. The van der Waals surface area contributed by atoms with Crippen molar-refractivity contribution in [2.24, 2.45) is 7.05 Å². The Labute approximate surface area is 97.0 Å². The molecule has 1 heterocycles. The van der Waals surface area contributed by atoms with Gasteiger partial charge in [0, 0.05) is 19.3 Å². The minimum absolute atomic E-state index is 0.0568. The monoisotopic (exact) mass is 234 g/mol. The molecule has 0 saturated heterocycles. The Kier molecular flexibility index (Phi) is 2.78. The Morgan fingerprint density at radius 3 is 2.88 bits per heavy atom. The number of hydrogen-bond donors (Lipinski definition) is 2. The maximum atomic E-state index is 13.5. The highest BCUT2D eigenvalue weighted by Crippen LogP contribution is 2.15. The van der Waals surface area contributed by atoms with Gasteiger partial charge in [0.25, 0.3) is 5.91 Å². The van der Waals surface area contributed by atoms with E-state index in [4.69, 9.17) is 5.73 Å². The number of nitrogens with one attached hydrogen (secondary N) is 1. The normalized spacial score (nSPS) is 10.2. The average molecular weight is 234 g/mol. The minimum Gasteiger partial charge on any atom is -0.396 e. The molecular formula is C11H11FN4O. The first-order valence-electron chi connectivity index (χ1n) is 4.93. The van der Waals surface area contributed by atoms with Crippen LogP contribution in [0.5, 0.6) is 0 Å². The lowest BCUT2D eigenvalue weighted by Crippen LogP contribution is -2.15. The van der Waals surface area contributed by atoms with E-state index in [1.807, 2.05) is 0 Å². The third-order valence-corrected chi connectivity index (χ3v) is 2.23. The minimum atomic E-state index is -0.721. The third-order valence-electron chi connectivity index (χ3n) is 2.23. The van der Waals surface area contributed by atoms with E-state index in [0.29, 0.717) is 5.82 Å². The molecule has 5 nitrogen and oxygen atoms in total. The van der Waals surface area contributed by atoms with Crippen molar-refractivity contribution < 1.29 is 9.18 Å². The second kappa shape index (κ2) is 4.25. The number of halogens is 1. The lowest BCUT2D eigenvalue weighted by Gasteiger charge is -2.04. The molecule has 6 heteroatoms. The summed E-state index contributed by atoms with van der Waals surface area (Å²) in [5.74, 6) is -0.936. The Morgan fingerprint density at radius 2 is 2.24 bits per heavy atom. The molecule has 0 spiro atoms. The van der Waals surface area contributed by atoms with Gasteiger partial charge in [-0.05, 0) is 12.1 Å². The smallest absolute Gasteiger partial charge is 0.259 e. The second-order valence-electron chi connectivity index (χ2n) is 3.54. The Balaban J connectivity index is 2.23. The van der Waals surface area contributed by atoms with Crippen LogP contribution in [-0.2, 0) is 7.05 Å². The van der Waals surface area contributed by atoms with Gasteiger partial charge in [0.1, 0.15) is 0 Å². The predicted octanol–water partition coefficient (Wildman–Crippen LogP) is 1.39. The van der Waals surface area contributed by atoms with Crippen LogP contribution in [0, 0.1) is 5.82 Å². The highest BCUT2D eigenvalue weighted by Gasteiger charge is 2.14. The Morgan fingerprint density at radius 1 is 1.47 bits per heavy atom. The summed E-state index contributed by atoms with van der Waals surface area (Å²) in [6.07, 6.45) is 1.67. The van der Waals surface area contributed by atoms with Gasteiger partial charge in [0.2, 0.25) is 0 Å². The van der Waals surface area contributed by atoms with Crippen LogP contribution in [0.4, 0.5) is 15.9 Å². The maximum absolute atomic E-state index is 13.5. The zero-order valence-electron chi connectivity index (χ0n) is 9.14. The summed E-state index contributed by atoms with van der Waals surface area (Å²) in [7, 11) is 1.72. The third kappa shape index (κ3) is 2.25. The van der Waals surface area contributed by atoms with Crippen LogP contribution >= 0.6 is 0 Å². The molecule has 0 bridgehead atoms. The zero-order chi connectivity index (χ0) is 12.4. The fourth-order valence-electron chi connectivity index (χ4n) is 1.39. The number of aromatic nitrogens is 2. The van der Waals surface area contributed by atoms with E-state index in [1.165, 1.54) is 22.9 Å². The van der Waals surface area contributed by atoms with E-state index in [9.17, 15) is 9.18 Å². The molecule has 17 heavy (non-hydrogen) atoms. The van der Waals surface area contributed by atoms with Gasteiger partial charge in [-0.1, -0.05) is 6.07 Å². The maximum Gasteiger partial charge on any atom is 0.259 e. The first kappa shape index (κ1) is 11.1. The predicted molar refractivity (Wildman–Crippen MR) is 62.0 cm³/mol. The summed E-state index contributed by atoms with van der Waals surface area (Å²) in [5, 5.41) is 6.44. The molecule has 0 saturated carbocycles. The van der Waals surface area contributed by atoms with Gasteiger partial charge < -0.3 is 11.1 Å². The van der Waals surface area contributed by atoms with E-state index in [2.05, 4.69) is 10.4 Å². The molecular weight excluding hydrogens is 223 g/mol. The van der Waals surface area contributed by atoms with Crippen molar-refractivity contribution in [2.75, 3.05) is 11.1 Å². The molecule has 0 atom stereocenters. The van der Waals surface area contributed by atoms with Crippen LogP contribution in [0.1, 0.15) is 10.4 Å². The van der Waals surface area contributed by atoms with E-state index >= 15 is 0 Å². The number of carbonyl (C=O) groups excluding carboxylic acids is 1. The van der Waals surface area contributed by atoms with Crippen LogP contribution in [0.15, 0.2) is 30.5 Å². The van der Waals surface area contributed by atoms with Crippen LogP contribution in [-0.4, -0.2) is 15.7 Å². The quantitative estimate of drug-likeness (QED) is 0.771. The molecule has 1 aromatic carbocycles. The molecule has 0 radical (unpaired) electrons. The van der Waals surface area contributed by atoms with Crippen LogP contribution in [0.2, 0.25) is 0 Å². The molecule has 1 aromatic heterocycles. The molecule has 0 unspecified atom stereocenters. The van der Waals surface area contributed by atoms with Gasteiger partial charge in [-0.15, -0.1) is 0 Å². The number of nitrogens with two attached hydrogens (primary N) is 1. The highest BCUT2D eigenvalue weighted by atomic mass is 19.1. The topological polar surface area (TPSA) is 72.9 Å². The van der Waals surface area contributed by atoms with Gasteiger partial charge in [-0.3, -0.25) is 9.48 Å². The first-order valence-corrected chi connectivity index (χ1v) is 4.93. The van der Waals surface area contributed by atoms with E-state index in [1.54, 1.807) is 19.3 Å². The van der Waals surface area contributed by atoms with Crippen LogP contribution < -0.4 is 11.1 Å². The van der Waals surface area contributed by atoms with Gasteiger partial charge in [-0.2, -0.15) is 5.10 Å². The van der Waals surface area contributed by atoms with Crippen molar-refractivity contribution >= 4 is 17.4 Å². The molecule has 1 amide bonds. The number of anilines is 2. The van der Waals surface area contributed by atoms with Crippen molar-refractivity contribution in [1.29, 1.82) is 0 Å². The fourth-order valence-corrected chi connectivity index (χ4v) is 1.39. The fraction of sp³-hybridized carbons (Fsp3) is 0.0909. The molecule has 0 fully saturated rings. The molecule has 2 aromatic rings. The van der Waals surface area contributed by atoms with Crippen molar-refractivity contribution in [3.63, 3.8) is 0 Å². The Bertz CT molecular complexity index is 564. The van der Waals surface area contributed by atoms with Crippen molar-refractivity contribution in [2.45, 2.75) is 0 Å². The van der Waals surface area contributed by atoms with E-state index < -0.39 is 11.7 Å². The van der Waals surface area contributed by atoms with Crippen LogP contribution in [0.3, 0.4) is 0 Å². The summed E-state index contributed by atoms with van der Waals surface area (Å²) in [5.41, 5.74) is 5.22. The SMILES string of the molecule is Cn1ccc(NC(=O)c2cccc(N)c2F)n1. The summed E-state index contributed by atoms with van der Waals surface area (Å²) in [6.45, 7) is 0. The lowest BCUT2D eigenvalue weighted by molar-refractivity contribution is 0.102. The number of aryl methyl sites for hydroxylation is 1. The van der Waals surface area contributed by atoms with Crippen molar-refractivity contribution in [3.05, 3.63) is 41.8 Å². The summed E-state index contributed by atoms with van der Waals surface area (Å²) in [6, 6.07) is 5.89. The van der Waals surface area contributed by atoms with Gasteiger partial charge in [-0.25, -0.2) is 4.39 Å². The van der Waals surface area contributed by atoms with Gasteiger partial charge >= 0.3 is 0 Å². The average Bonchev–Trinajstić information content (AvgIpc) is 2.68. The molecule has 88 valence electrons. The zero-order valence-corrected chi connectivity index (χ0v) is 9.14. The standard InChI is InChI=1S/C11H11FN4O/c1-16-6-5-9(15-16)14-11(17)7-3-2-4-8(13)10(7)12/h2-6H,13H2,1H3,(H,14,15,17). The number of nitrogens with zero attached hydrogens (tertiary/aromatic N) is 2. The number of nitrogen functional groups attached to an aromatic ring is 1. The Hall–Kier alpha value is -2.37. The molecule has 2 rings (SSSR count). The highest BCUT2D eigenvalue weighted by molar-refractivity contribution is 6.04. The summed E-state index contributed by atoms with van der Waals surface area (Å²) < 4.78 is 15.1. The largest absolute Gasteiger partial charge is 0.396 e. The molecule has 3 N–H and O–H groups in total. The number of hydrogen-bond acceptors (Lipinski definition) is 3. The lowest BCUT2D eigenvalue weighted by atomic mass is 10.1. The number of rotatable bonds is 2. The van der Waals surface area contributed by atoms with Crippen molar-refractivity contribution in [1.82, 2.24) is 9.78 Å². The second-order valence-corrected chi connectivity index (χ2v) is 3.54. The number of benzene rings is 1. The number of amides is 1. The molecule has 0 aliphatic heterocycles. The summed E-state index contributed by atoms with van der Waals surface area (Å²) >= 11 is 0. The number of carbonyl (C=O) groups is 1.